The lowest BCUT2D eigenvalue weighted by Crippen LogP contribution is -2.13. The number of hydrogen-bond donors (Lipinski definition) is 1. The molecule has 116 valence electrons. The molecule has 7 nitrogen and oxygen atoms in total. The lowest BCUT2D eigenvalue weighted by molar-refractivity contribution is -0.384. The molecule has 0 aromatic heterocycles. The van der Waals surface area contributed by atoms with E-state index in [9.17, 15) is 18.5 Å². The minimum Gasteiger partial charge on any atom is -0.494 e. The zero-order chi connectivity index (χ0) is 16.2. The van der Waals surface area contributed by atoms with E-state index in [-0.39, 0.29) is 16.3 Å². The highest BCUT2D eigenvalue weighted by Crippen LogP contribution is 2.22. The number of nitrogens with zero attached hydrogens (tertiary/aromatic N) is 1. The van der Waals surface area contributed by atoms with Crippen molar-refractivity contribution < 1.29 is 18.1 Å². The first kappa shape index (κ1) is 15.8. The predicted molar refractivity (Wildman–Crippen MR) is 81.5 cm³/mol. The van der Waals surface area contributed by atoms with Gasteiger partial charge in [0.05, 0.1) is 22.1 Å². The van der Waals surface area contributed by atoms with Crippen LogP contribution in [0.4, 0.5) is 11.4 Å². The van der Waals surface area contributed by atoms with E-state index in [0.717, 1.165) is 6.07 Å². The van der Waals surface area contributed by atoms with Gasteiger partial charge in [-0.2, -0.15) is 0 Å². The molecular weight excluding hydrogens is 308 g/mol. The van der Waals surface area contributed by atoms with Gasteiger partial charge in [0, 0.05) is 12.1 Å². The zero-order valence-electron chi connectivity index (χ0n) is 11.7. The summed E-state index contributed by atoms with van der Waals surface area (Å²) < 4.78 is 32.0. The van der Waals surface area contributed by atoms with E-state index >= 15 is 0 Å². The van der Waals surface area contributed by atoms with Crippen molar-refractivity contribution in [1.82, 2.24) is 0 Å². The summed E-state index contributed by atoms with van der Waals surface area (Å²) in [6, 6.07) is 11.2. The van der Waals surface area contributed by atoms with Crippen molar-refractivity contribution in [2.24, 2.45) is 0 Å². The Balaban J connectivity index is 2.23. The summed E-state index contributed by atoms with van der Waals surface area (Å²) in [6.07, 6.45) is 0. The van der Waals surface area contributed by atoms with E-state index in [4.69, 9.17) is 4.74 Å². The molecule has 1 N–H and O–H groups in total. The third-order valence-corrected chi connectivity index (χ3v) is 4.15. The van der Waals surface area contributed by atoms with Crippen LogP contribution < -0.4 is 9.46 Å². The van der Waals surface area contributed by atoms with E-state index < -0.39 is 14.9 Å². The van der Waals surface area contributed by atoms with E-state index in [1.54, 1.807) is 12.1 Å². The van der Waals surface area contributed by atoms with Crippen LogP contribution in [0.5, 0.6) is 5.75 Å². The van der Waals surface area contributed by atoms with E-state index in [1.165, 1.54) is 30.3 Å². The lowest BCUT2D eigenvalue weighted by atomic mass is 10.3. The number of nitro groups is 1. The van der Waals surface area contributed by atoms with Crippen molar-refractivity contribution in [3.63, 3.8) is 0 Å². The van der Waals surface area contributed by atoms with Crippen molar-refractivity contribution in [2.75, 3.05) is 11.3 Å². The van der Waals surface area contributed by atoms with E-state index in [0.29, 0.717) is 12.4 Å². The smallest absolute Gasteiger partial charge is 0.271 e. The zero-order valence-corrected chi connectivity index (χ0v) is 12.5. The lowest BCUT2D eigenvalue weighted by Gasteiger charge is -2.09. The van der Waals surface area contributed by atoms with Gasteiger partial charge in [-0.25, -0.2) is 8.42 Å². The van der Waals surface area contributed by atoms with Crippen LogP contribution in [-0.2, 0) is 10.0 Å². The fourth-order valence-electron chi connectivity index (χ4n) is 1.78. The maximum Gasteiger partial charge on any atom is 0.271 e. The molecule has 8 heteroatoms. The van der Waals surface area contributed by atoms with Crippen LogP contribution in [0.2, 0.25) is 0 Å². The van der Waals surface area contributed by atoms with E-state index in [1.807, 2.05) is 6.92 Å². The Morgan fingerprint density at radius 3 is 2.45 bits per heavy atom. The first-order chi connectivity index (χ1) is 10.4. The number of ether oxygens (including phenoxy) is 1. The van der Waals surface area contributed by atoms with Crippen molar-refractivity contribution >= 4 is 21.4 Å². The Labute approximate surface area is 127 Å². The van der Waals surface area contributed by atoms with Gasteiger partial charge >= 0.3 is 0 Å². The van der Waals surface area contributed by atoms with Gasteiger partial charge < -0.3 is 4.74 Å². The highest BCUT2D eigenvalue weighted by Gasteiger charge is 2.15. The maximum atomic E-state index is 12.2. The number of hydrogen-bond acceptors (Lipinski definition) is 5. The van der Waals surface area contributed by atoms with E-state index in [2.05, 4.69) is 4.72 Å². The molecule has 2 rings (SSSR count). The SMILES string of the molecule is CCOc1ccc(S(=O)(=O)Nc2cccc([N+](=O)[O-])c2)cc1. The molecule has 2 aromatic carbocycles. The highest BCUT2D eigenvalue weighted by atomic mass is 32.2. The van der Waals surface area contributed by atoms with Gasteiger partial charge in [-0.15, -0.1) is 0 Å². The minimum absolute atomic E-state index is 0.0439. The molecule has 0 aliphatic rings. The maximum absolute atomic E-state index is 12.2. The Hall–Kier alpha value is -2.61. The Morgan fingerprint density at radius 2 is 1.86 bits per heavy atom. The molecule has 0 radical (unpaired) electrons. The molecule has 0 aliphatic heterocycles. The van der Waals surface area contributed by atoms with Gasteiger partial charge in [0.2, 0.25) is 0 Å². The third kappa shape index (κ3) is 3.73. The Bertz CT molecular complexity index is 772. The molecule has 0 saturated heterocycles. The molecule has 0 fully saturated rings. The molecular formula is C14H14N2O5S. The number of rotatable bonds is 6. The third-order valence-electron chi connectivity index (χ3n) is 2.75. The molecule has 22 heavy (non-hydrogen) atoms. The standard InChI is InChI=1S/C14H14N2O5S/c1-2-21-13-6-8-14(9-7-13)22(19,20)15-11-4-3-5-12(10-11)16(17)18/h3-10,15H,2H2,1H3. The second kappa shape index (κ2) is 6.44. The summed E-state index contributed by atoms with van der Waals surface area (Å²) >= 11 is 0. The van der Waals surface area contributed by atoms with Crippen LogP contribution in [0.15, 0.2) is 53.4 Å². The number of non-ortho nitro benzene ring substituents is 1. The Kier molecular flexibility index (Phi) is 4.62. The fraction of sp³-hybridized carbons (Fsp3) is 0.143. The fourth-order valence-corrected chi connectivity index (χ4v) is 2.83. The van der Waals surface area contributed by atoms with Crippen LogP contribution in [0.1, 0.15) is 6.92 Å². The topological polar surface area (TPSA) is 98.5 Å². The molecule has 0 aliphatic carbocycles. The molecule has 0 bridgehead atoms. The first-order valence-corrected chi connectivity index (χ1v) is 7.91. The van der Waals surface area contributed by atoms with Crippen LogP contribution in [0.3, 0.4) is 0 Å². The quantitative estimate of drug-likeness (QED) is 0.651. The average molecular weight is 322 g/mol. The monoisotopic (exact) mass is 322 g/mol. The summed E-state index contributed by atoms with van der Waals surface area (Å²) in [5.41, 5.74) is -0.0602. The molecule has 2 aromatic rings. The summed E-state index contributed by atoms with van der Waals surface area (Å²) in [4.78, 5) is 10.2. The van der Waals surface area contributed by atoms with Crippen molar-refractivity contribution in [3.05, 3.63) is 58.6 Å². The number of nitro benzene ring substituents is 1. The largest absolute Gasteiger partial charge is 0.494 e. The van der Waals surface area contributed by atoms with Crippen molar-refractivity contribution in [2.45, 2.75) is 11.8 Å². The Morgan fingerprint density at radius 1 is 1.18 bits per heavy atom. The summed E-state index contributed by atoms with van der Waals surface area (Å²) in [5.74, 6) is 0.566. The number of anilines is 1. The second-order valence-electron chi connectivity index (χ2n) is 4.32. The van der Waals surface area contributed by atoms with Gasteiger partial charge in [-0.1, -0.05) is 6.07 Å². The van der Waals surface area contributed by atoms with Crippen LogP contribution in [0.25, 0.3) is 0 Å². The second-order valence-corrected chi connectivity index (χ2v) is 6.00. The minimum atomic E-state index is -3.82. The van der Waals surface area contributed by atoms with Gasteiger partial charge in [0.15, 0.2) is 0 Å². The number of sulfonamides is 1. The molecule has 0 saturated carbocycles. The number of benzene rings is 2. The average Bonchev–Trinajstić information content (AvgIpc) is 2.48. The molecule has 0 amide bonds. The predicted octanol–water partition coefficient (Wildman–Crippen LogP) is 2.79. The van der Waals surface area contributed by atoms with Crippen LogP contribution >= 0.6 is 0 Å². The van der Waals surface area contributed by atoms with Crippen LogP contribution in [0, 0.1) is 10.1 Å². The molecule has 0 unspecified atom stereocenters. The van der Waals surface area contributed by atoms with Gasteiger partial charge in [-0.05, 0) is 37.3 Å². The van der Waals surface area contributed by atoms with Crippen molar-refractivity contribution in [1.29, 1.82) is 0 Å². The summed E-state index contributed by atoms with van der Waals surface area (Å²) in [7, 11) is -3.82. The van der Waals surface area contributed by atoms with Crippen molar-refractivity contribution in [3.8, 4) is 5.75 Å². The summed E-state index contributed by atoms with van der Waals surface area (Å²) in [5, 5.41) is 10.7. The summed E-state index contributed by atoms with van der Waals surface area (Å²) in [6.45, 7) is 2.31. The highest BCUT2D eigenvalue weighted by molar-refractivity contribution is 7.92. The van der Waals surface area contributed by atoms with Crippen LogP contribution in [-0.4, -0.2) is 19.9 Å². The normalized spacial score (nSPS) is 11.0. The van der Waals surface area contributed by atoms with Gasteiger partial charge in [0.1, 0.15) is 5.75 Å². The van der Waals surface area contributed by atoms with Gasteiger partial charge in [0.25, 0.3) is 15.7 Å². The molecule has 0 atom stereocenters. The molecule has 0 heterocycles. The van der Waals surface area contributed by atoms with Gasteiger partial charge in [-0.3, -0.25) is 14.8 Å². The molecule has 0 spiro atoms. The first-order valence-electron chi connectivity index (χ1n) is 6.42. The number of nitrogens with one attached hydrogen (secondary N) is 1.